The normalized spacial score (nSPS) is 23.0. The van der Waals surface area contributed by atoms with Crippen molar-refractivity contribution in [3.05, 3.63) is 47.1 Å². The first kappa shape index (κ1) is 14.0. The number of anilines is 1. The predicted octanol–water partition coefficient (Wildman–Crippen LogP) is 3.82. The molecule has 0 saturated heterocycles. The lowest BCUT2D eigenvalue weighted by atomic mass is 10.0. The van der Waals surface area contributed by atoms with Crippen LogP contribution in [0.3, 0.4) is 0 Å². The zero-order chi connectivity index (χ0) is 15.1. The maximum atomic E-state index is 6.10. The number of thioether (sulfide) groups is 2. The molecule has 0 amide bonds. The van der Waals surface area contributed by atoms with Gasteiger partial charge in [0.1, 0.15) is 17.8 Å². The first-order valence-electron chi connectivity index (χ1n) is 7.25. The van der Waals surface area contributed by atoms with Gasteiger partial charge in [0.25, 0.3) is 0 Å². The van der Waals surface area contributed by atoms with E-state index >= 15 is 0 Å². The van der Waals surface area contributed by atoms with Crippen LogP contribution in [0.25, 0.3) is 11.0 Å². The molecular weight excluding hydrogens is 312 g/mol. The van der Waals surface area contributed by atoms with Crippen LogP contribution < -0.4 is 5.73 Å². The number of rotatable bonds is 3. The average Bonchev–Trinajstić information content (AvgIpc) is 3.11. The van der Waals surface area contributed by atoms with Gasteiger partial charge < -0.3 is 10.3 Å². The van der Waals surface area contributed by atoms with Crippen molar-refractivity contribution in [1.29, 1.82) is 0 Å². The highest BCUT2D eigenvalue weighted by Gasteiger charge is 2.29. The van der Waals surface area contributed by atoms with Gasteiger partial charge in [-0.25, -0.2) is 9.97 Å². The Hall–Kier alpha value is -1.66. The lowest BCUT2D eigenvalue weighted by Gasteiger charge is -2.17. The van der Waals surface area contributed by atoms with Gasteiger partial charge in [0, 0.05) is 33.7 Å². The van der Waals surface area contributed by atoms with E-state index in [1.165, 1.54) is 11.2 Å². The number of hydrogen-bond donors (Lipinski definition) is 1. The summed E-state index contributed by atoms with van der Waals surface area (Å²) in [5.74, 6) is 1.02. The van der Waals surface area contributed by atoms with E-state index in [1.807, 2.05) is 11.8 Å². The van der Waals surface area contributed by atoms with Gasteiger partial charge in [-0.3, -0.25) is 0 Å². The van der Waals surface area contributed by atoms with Crippen molar-refractivity contribution < 1.29 is 0 Å². The van der Waals surface area contributed by atoms with E-state index in [9.17, 15) is 0 Å². The number of nitrogen functional groups attached to an aromatic ring is 1. The third-order valence-electron chi connectivity index (χ3n) is 3.97. The molecule has 4 nitrogen and oxygen atoms in total. The quantitative estimate of drug-likeness (QED) is 0.928. The second-order valence-electron chi connectivity index (χ2n) is 5.26. The summed E-state index contributed by atoms with van der Waals surface area (Å²) in [6.07, 6.45) is 12.5. The molecule has 2 unspecified atom stereocenters. The summed E-state index contributed by atoms with van der Waals surface area (Å²) in [7, 11) is 0. The second-order valence-corrected chi connectivity index (χ2v) is 7.42. The summed E-state index contributed by atoms with van der Waals surface area (Å²) in [5, 5.41) is 3.77. The minimum Gasteiger partial charge on any atom is -0.383 e. The zero-order valence-corrected chi connectivity index (χ0v) is 13.8. The highest BCUT2D eigenvalue weighted by atomic mass is 32.2. The van der Waals surface area contributed by atoms with Gasteiger partial charge >= 0.3 is 0 Å². The molecule has 2 atom stereocenters. The topological polar surface area (TPSA) is 56.7 Å². The highest BCUT2D eigenvalue weighted by molar-refractivity contribution is 8.07. The number of nitrogens with two attached hydrogens (primary N) is 1. The van der Waals surface area contributed by atoms with Crippen LogP contribution in [-0.2, 0) is 6.54 Å². The maximum Gasteiger partial charge on any atom is 0.146 e. The van der Waals surface area contributed by atoms with E-state index in [4.69, 9.17) is 5.73 Å². The molecule has 2 aromatic rings. The van der Waals surface area contributed by atoms with Crippen molar-refractivity contribution in [3.8, 4) is 0 Å². The van der Waals surface area contributed by atoms with Gasteiger partial charge in [0.05, 0.1) is 5.39 Å². The number of nitrogens with zero attached hydrogens (tertiary/aromatic N) is 3. The maximum absolute atomic E-state index is 6.10. The van der Waals surface area contributed by atoms with Crippen LogP contribution >= 0.6 is 23.5 Å². The minimum atomic E-state index is 0.464. The largest absolute Gasteiger partial charge is 0.383 e. The van der Waals surface area contributed by atoms with Gasteiger partial charge in [0.2, 0.25) is 0 Å². The summed E-state index contributed by atoms with van der Waals surface area (Å²) in [6, 6.07) is 0. The molecule has 6 heteroatoms. The molecule has 0 bridgehead atoms. The lowest BCUT2D eigenvalue weighted by molar-refractivity contribution is 0.781. The smallest absolute Gasteiger partial charge is 0.146 e. The Labute approximate surface area is 137 Å². The molecule has 112 valence electrons. The first-order chi connectivity index (χ1) is 10.8. The van der Waals surface area contributed by atoms with Crippen LogP contribution in [0.2, 0.25) is 0 Å². The van der Waals surface area contributed by atoms with Gasteiger partial charge in [-0.2, -0.15) is 0 Å². The fourth-order valence-corrected chi connectivity index (χ4v) is 5.42. The van der Waals surface area contributed by atoms with Crippen molar-refractivity contribution >= 4 is 40.4 Å². The van der Waals surface area contributed by atoms with Gasteiger partial charge in [-0.05, 0) is 12.3 Å². The molecule has 0 radical (unpaired) electrons. The fourth-order valence-electron chi connectivity index (χ4n) is 2.85. The molecule has 0 fully saturated rings. The monoisotopic (exact) mass is 328 g/mol. The van der Waals surface area contributed by atoms with Gasteiger partial charge in [-0.1, -0.05) is 36.1 Å². The Morgan fingerprint density at radius 3 is 3.05 bits per heavy atom. The Morgan fingerprint density at radius 2 is 2.18 bits per heavy atom. The summed E-state index contributed by atoms with van der Waals surface area (Å²) >= 11 is 3.68. The van der Waals surface area contributed by atoms with E-state index in [2.05, 4.69) is 57.4 Å². The van der Waals surface area contributed by atoms with E-state index < -0.39 is 0 Å². The van der Waals surface area contributed by atoms with Crippen LogP contribution in [-0.4, -0.2) is 19.8 Å². The van der Waals surface area contributed by atoms with Crippen molar-refractivity contribution in [2.45, 2.75) is 23.6 Å². The lowest BCUT2D eigenvalue weighted by Crippen LogP contribution is -2.10. The first-order valence-corrected chi connectivity index (χ1v) is 9.01. The molecule has 1 aliphatic carbocycles. The Balaban J connectivity index is 1.73. The summed E-state index contributed by atoms with van der Waals surface area (Å²) < 4.78 is 2.13. The van der Waals surface area contributed by atoms with Crippen LogP contribution in [0.15, 0.2) is 52.0 Å². The number of allylic oxidation sites excluding steroid dienone is 4. The second kappa shape index (κ2) is 5.52. The standard InChI is InChI=1S/C16H16N4S2/c1-2-20-7-12(14-15(17)18-9-19-16(14)20)22-13-8-21-11-6-4-3-5-10(11)13/h3-11H,2H2,1H3,(H2,17,18,19). The van der Waals surface area contributed by atoms with Gasteiger partial charge in [-0.15, -0.1) is 11.8 Å². The predicted molar refractivity (Wildman–Crippen MR) is 94.7 cm³/mol. The molecule has 2 aromatic heterocycles. The minimum absolute atomic E-state index is 0.464. The van der Waals surface area contributed by atoms with E-state index in [0.29, 0.717) is 17.0 Å². The molecular formula is C16H16N4S2. The Morgan fingerprint density at radius 1 is 1.32 bits per heavy atom. The van der Waals surface area contributed by atoms with Crippen LogP contribution in [0.4, 0.5) is 5.82 Å². The average molecular weight is 328 g/mol. The van der Waals surface area contributed by atoms with E-state index in [-0.39, 0.29) is 0 Å². The zero-order valence-electron chi connectivity index (χ0n) is 12.1. The molecule has 22 heavy (non-hydrogen) atoms. The van der Waals surface area contributed by atoms with E-state index in [1.54, 1.807) is 11.8 Å². The van der Waals surface area contributed by atoms with Crippen LogP contribution in [0.1, 0.15) is 6.92 Å². The molecule has 1 aliphatic heterocycles. The number of aromatic nitrogens is 3. The molecule has 4 rings (SSSR count). The molecule has 2 N–H and O–H groups in total. The fraction of sp³-hybridized carbons (Fsp3) is 0.250. The summed E-state index contributed by atoms with van der Waals surface area (Å²) in [6.45, 7) is 2.98. The Bertz CT molecular complexity index is 819. The number of fused-ring (bicyclic) bond motifs is 2. The Kier molecular flexibility index (Phi) is 3.50. The van der Waals surface area contributed by atoms with Crippen LogP contribution in [0.5, 0.6) is 0 Å². The summed E-state index contributed by atoms with van der Waals surface area (Å²) in [4.78, 5) is 11.1. The molecule has 3 heterocycles. The third kappa shape index (κ3) is 2.18. The summed E-state index contributed by atoms with van der Waals surface area (Å²) in [5.41, 5.74) is 7.02. The SMILES string of the molecule is CCn1cc(SC2=CSC3C=CC=CC23)c2c(N)ncnc21. The molecule has 0 aromatic carbocycles. The molecule has 0 spiro atoms. The van der Waals surface area contributed by atoms with Crippen molar-refractivity contribution in [1.82, 2.24) is 14.5 Å². The van der Waals surface area contributed by atoms with Crippen LogP contribution in [0, 0.1) is 5.92 Å². The van der Waals surface area contributed by atoms with Gasteiger partial charge in [0.15, 0.2) is 0 Å². The van der Waals surface area contributed by atoms with E-state index in [0.717, 1.165) is 22.5 Å². The number of hydrogen-bond acceptors (Lipinski definition) is 5. The third-order valence-corrected chi connectivity index (χ3v) is 6.43. The van der Waals surface area contributed by atoms with Crippen molar-refractivity contribution in [3.63, 3.8) is 0 Å². The molecule has 0 saturated carbocycles. The highest BCUT2D eigenvalue weighted by Crippen LogP contribution is 2.48. The van der Waals surface area contributed by atoms with Crippen molar-refractivity contribution in [2.75, 3.05) is 5.73 Å². The van der Waals surface area contributed by atoms with Crippen molar-refractivity contribution in [2.24, 2.45) is 5.92 Å². The number of aryl methyl sites for hydroxylation is 1. The molecule has 2 aliphatic rings.